The van der Waals surface area contributed by atoms with E-state index in [4.69, 9.17) is 0 Å². The molecule has 144 valence electrons. The number of carbonyl (C=O) groups is 3. The Bertz CT molecular complexity index is 772. The molecule has 3 heterocycles. The van der Waals surface area contributed by atoms with Gasteiger partial charge in [0, 0.05) is 37.7 Å². The fourth-order valence-corrected chi connectivity index (χ4v) is 4.43. The summed E-state index contributed by atoms with van der Waals surface area (Å²) in [6.07, 6.45) is 3.01. The molecule has 7 nitrogen and oxygen atoms in total. The highest BCUT2D eigenvalue weighted by Gasteiger charge is 2.40. The first-order chi connectivity index (χ1) is 13.0. The number of hydrogen-bond donors (Lipinski definition) is 2. The molecule has 3 aliphatic rings. The van der Waals surface area contributed by atoms with Crippen molar-refractivity contribution in [2.45, 2.75) is 50.9 Å². The van der Waals surface area contributed by atoms with Crippen LogP contribution < -0.4 is 10.6 Å². The Balaban J connectivity index is 1.53. The van der Waals surface area contributed by atoms with Crippen molar-refractivity contribution in [3.63, 3.8) is 0 Å². The second kappa shape index (κ2) is 7.40. The van der Waals surface area contributed by atoms with Crippen molar-refractivity contribution >= 4 is 17.7 Å². The smallest absolute Gasteiger partial charge is 0.255 e. The largest absolute Gasteiger partial charge is 0.322 e. The van der Waals surface area contributed by atoms with Gasteiger partial charge in [0.05, 0.1) is 0 Å². The molecular formula is C20H26N4O3. The van der Waals surface area contributed by atoms with E-state index in [0.717, 1.165) is 36.2 Å². The number of piperidine rings is 2. The summed E-state index contributed by atoms with van der Waals surface area (Å²) in [4.78, 5) is 40.7. The van der Waals surface area contributed by atoms with Crippen molar-refractivity contribution in [3.8, 4) is 0 Å². The van der Waals surface area contributed by atoms with Crippen LogP contribution >= 0.6 is 0 Å². The Kier molecular flexibility index (Phi) is 4.97. The van der Waals surface area contributed by atoms with Gasteiger partial charge in [-0.2, -0.15) is 0 Å². The van der Waals surface area contributed by atoms with Crippen LogP contribution in [0.15, 0.2) is 18.2 Å². The molecule has 4 rings (SSSR count). The van der Waals surface area contributed by atoms with Gasteiger partial charge in [-0.15, -0.1) is 0 Å². The standard InChI is InChI=1S/C20H26N4O3/c1-23(15-6-3-9-21-10-15)11-13-4-2-5-14-12-24(20(27)18(13)14)16-7-8-17(25)22-19(16)26/h2,4-5,15-16,21H,3,6-12H2,1H3,(H,22,25,26)/t15-,16?/m1/s1. The maximum atomic E-state index is 13.1. The van der Waals surface area contributed by atoms with Gasteiger partial charge in [0.2, 0.25) is 11.8 Å². The number of amides is 3. The summed E-state index contributed by atoms with van der Waals surface area (Å²) < 4.78 is 0. The summed E-state index contributed by atoms with van der Waals surface area (Å²) in [6.45, 7) is 3.19. The molecule has 0 radical (unpaired) electrons. The van der Waals surface area contributed by atoms with Crippen LogP contribution in [-0.4, -0.2) is 59.7 Å². The summed E-state index contributed by atoms with van der Waals surface area (Å²) in [5, 5.41) is 5.79. The molecule has 1 aromatic carbocycles. The molecule has 3 amide bonds. The summed E-state index contributed by atoms with van der Waals surface area (Å²) in [5.41, 5.74) is 2.72. The number of nitrogens with zero attached hydrogens (tertiary/aromatic N) is 2. The van der Waals surface area contributed by atoms with E-state index >= 15 is 0 Å². The summed E-state index contributed by atoms with van der Waals surface area (Å²) in [6, 6.07) is 5.87. The molecule has 1 unspecified atom stereocenters. The number of imide groups is 1. The molecule has 1 aromatic rings. The number of rotatable bonds is 4. The van der Waals surface area contributed by atoms with Gasteiger partial charge in [-0.1, -0.05) is 18.2 Å². The van der Waals surface area contributed by atoms with Crippen LogP contribution in [-0.2, 0) is 22.7 Å². The first-order valence-electron chi connectivity index (χ1n) is 9.71. The zero-order valence-corrected chi connectivity index (χ0v) is 15.7. The maximum absolute atomic E-state index is 13.1. The molecule has 27 heavy (non-hydrogen) atoms. The normalized spacial score (nSPS) is 25.7. The van der Waals surface area contributed by atoms with Gasteiger partial charge in [0.1, 0.15) is 6.04 Å². The van der Waals surface area contributed by atoms with Gasteiger partial charge in [-0.25, -0.2) is 0 Å². The molecule has 2 saturated heterocycles. The van der Waals surface area contributed by atoms with Gasteiger partial charge in [0.15, 0.2) is 0 Å². The topological polar surface area (TPSA) is 81.8 Å². The molecule has 7 heteroatoms. The second-order valence-electron chi connectivity index (χ2n) is 7.77. The first-order valence-corrected chi connectivity index (χ1v) is 9.71. The second-order valence-corrected chi connectivity index (χ2v) is 7.77. The van der Waals surface area contributed by atoms with Gasteiger partial charge in [-0.3, -0.25) is 24.6 Å². The van der Waals surface area contributed by atoms with E-state index in [2.05, 4.69) is 22.6 Å². The van der Waals surface area contributed by atoms with E-state index in [1.165, 1.54) is 6.42 Å². The van der Waals surface area contributed by atoms with Crippen LogP contribution in [0.4, 0.5) is 0 Å². The minimum absolute atomic E-state index is 0.0923. The highest BCUT2D eigenvalue weighted by Crippen LogP contribution is 2.30. The molecule has 3 aliphatic heterocycles. The average molecular weight is 370 g/mol. The quantitative estimate of drug-likeness (QED) is 0.760. The lowest BCUT2D eigenvalue weighted by atomic mass is 10.0. The van der Waals surface area contributed by atoms with Crippen molar-refractivity contribution in [1.82, 2.24) is 20.4 Å². The Labute approximate surface area is 159 Å². The SMILES string of the molecule is CN(Cc1cccc2c1C(=O)N(C1CCC(=O)NC1=O)C2)[C@@H]1CCCNC1. The zero-order valence-electron chi connectivity index (χ0n) is 15.7. The van der Waals surface area contributed by atoms with Crippen molar-refractivity contribution in [1.29, 1.82) is 0 Å². The summed E-state index contributed by atoms with van der Waals surface area (Å²) in [7, 11) is 2.11. The lowest BCUT2D eigenvalue weighted by molar-refractivity contribution is -0.136. The molecule has 0 spiro atoms. The van der Waals surface area contributed by atoms with Gasteiger partial charge >= 0.3 is 0 Å². The van der Waals surface area contributed by atoms with Crippen LogP contribution in [0.2, 0.25) is 0 Å². The Morgan fingerprint density at radius 3 is 2.81 bits per heavy atom. The minimum atomic E-state index is -0.560. The Morgan fingerprint density at radius 1 is 1.22 bits per heavy atom. The number of likely N-dealkylation sites (N-methyl/N-ethyl adjacent to an activating group) is 1. The number of fused-ring (bicyclic) bond motifs is 1. The van der Waals surface area contributed by atoms with E-state index in [1.54, 1.807) is 4.90 Å². The van der Waals surface area contributed by atoms with E-state index in [9.17, 15) is 14.4 Å². The van der Waals surface area contributed by atoms with Crippen LogP contribution in [0, 0.1) is 0 Å². The molecule has 0 bridgehead atoms. The number of benzene rings is 1. The third-order valence-electron chi connectivity index (χ3n) is 5.95. The molecule has 2 fully saturated rings. The van der Waals surface area contributed by atoms with Gasteiger partial charge in [0.25, 0.3) is 5.91 Å². The van der Waals surface area contributed by atoms with Gasteiger partial charge < -0.3 is 10.2 Å². The minimum Gasteiger partial charge on any atom is -0.322 e. The van der Waals surface area contributed by atoms with Crippen LogP contribution in [0.25, 0.3) is 0 Å². The van der Waals surface area contributed by atoms with Crippen LogP contribution in [0.5, 0.6) is 0 Å². The molecular weight excluding hydrogens is 344 g/mol. The molecule has 2 atom stereocenters. The Hall–Kier alpha value is -2.25. The van der Waals surface area contributed by atoms with Crippen molar-refractivity contribution < 1.29 is 14.4 Å². The molecule has 0 aromatic heterocycles. The lowest BCUT2D eigenvalue weighted by Gasteiger charge is -2.32. The lowest BCUT2D eigenvalue weighted by Crippen LogP contribution is -2.52. The van der Waals surface area contributed by atoms with E-state index < -0.39 is 6.04 Å². The number of carbonyl (C=O) groups excluding carboxylic acids is 3. The van der Waals surface area contributed by atoms with Crippen molar-refractivity contribution in [2.75, 3.05) is 20.1 Å². The fourth-order valence-electron chi connectivity index (χ4n) is 4.43. The monoisotopic (exact) mass is 370 g/mol. The number of nitrogens with one attached hydrogen (secondary N) is 2. The van der Waals surface area contributed by atoms with Crippen molar-refractivity contribution in [3.05, 3.63) is 34.9 Å². The van der Waals surface area contributed by atoms with Crippen molar-refractivity contribution in [2.24, 2.45) is 0 Å². The molecule has 0 aliphatic carbocycles. The van der Waals surface area contributed by atoms with Crippen LogP contribution in [0.3, 0.4) is 0 Å². The average Bonchev–Trinajstić information content (AvgIpc) is 3.00. The summed E-state index contributed by atoms with van der Waals surface area (Å²) >= 11 is 0. The number of hydrogen-bond acceptors (Lipinski definition) is 5. The first kappa shape index (κ1) is 18.1. The van der Waals surface area contributed by atoms with E-state index in [0.29, 0.717) is 25.6 Å². The third-order valence-corrected chi connectivity index (χ3v) is 5.95. The predicted octanol–water partition coefficient (Wildman–Crippen LogP) is 0.631. The maximum Gasteiger partial charge on any atom is 0.255 e. The fraction of sp³-hybridized carbons (Fsp3) is 0.550. The van der Waals surface area contributed by atoms with E-state index in [-0.39, 0.29) is 24.1 Å². The Morgan fingerprint density at radius 2 is 2.07 bits per heavy atom. The zero-order chi connectivity index (χ0) is 19.0. The summed E-state index contributed by atoms with van der Waals surface area (Å²) in [5.74, 6) is -0.714. The third kappa shape index (κ3) is 3.49. The van der Waals surface area contributed by atoms with E-state index in [1.807, 2.05) is 18.2 Å². The highest BCUT2D eigenvalue weighted by molar-refractivity contribution is 6.05. The predicted molar refractivity (Wildman–Crippen MR) is 99.8 cm³/mol. The molecule has 0 saturated carbocycles. The van der Waals surface area contributed by atoms with Crippen LogP contribution in [0.1, 0.15) is 47.2 Å². The van der Waals surface area contributed by atoms with Gasteiger partial charge in [-0.05, 0) is 44.0 Å². The highest BCUT2D eigenvalue weighted by atomic mass is 16.2. The molecule has 2 N–H and O–H groups in total.